The number of hydrogen-bond acceptors (Lipinski definition) is 4. The van der Waals surface area contributed by atoms with Gasteiger partial charge in [-0.25, -0.2) is 0 Å². The van der Waals surface area contributed by atoms with Crippen LogP contribution >= 0.6 is 0 Å². The van der Waals surface area contributed by atoms with Gasteiger partial charge in [-0.2, -0.15) is 0 Å². The van der Waals surface area contributed by atoms with Crippen LogP contribution in [0.4, 0.5) is 0 Å². The summed E-state index contributed by atoms with van der Waals surface area (Å²) >= 11 is 0. The number of rotatable bonds is 9. The van der Waals surface area contributed by atoms with E-state index >= 15 is 0 Å². The lowest BCUT2D eigenvalue weighted by molar-refractivity contribution is 0.185. The standard InChI is InChI=1S/C14H21N3O3/c1-3-7-19-13-6-5-11(12(18)10-16-17-15)9-14(13)20-8-4-2/h5-6,9,12,18H,3-4,7-8,10H2,1-2H3/t12-/m1/s1. The van der Waals surface area contributed by atoms with Crippen LogP contribution in [0.15, 0.2) is 23.3 Å². The second-order valence-electron chi connectivity index (χ2n) is 4.33. The summed E-state index contributed by atoms with van der Waals surface area (Å²) in [5, 5.41) is 13.3. The number of benzene rings is 1. The average molecular weight is 279 g/mol. The molecule has 0 aliphatic carbocycles. The van der Waals surface area contributed by atoms with Crippen LogP contribution in [0.3, 0.4) is 0 Å². The van der Waals surface area contributed by atoms with E-state index in [1.807, 2.05) is 13.8 Å². The Labute approximate surface area is 119 Å². The number of nitrogens with zero attached hydrogens (tertiary/aromatic N) is 3. The molecule has 0 unspecified atom stereocenters. The second kappa shape index (κ2) is 9.07. The van der Waals surface area contributed by atoms with Crippen molar-refractivity contribution < 1.29 is 14.6 Å². The molecule has 0 saturated carbocycles. The fourth-order valence-corrected chi connectivity index (χ4v) is 1.61. The van der Waals surface area contributed by atoms with Gasteiger partial charge in [0, 0.05) is 4.91 Å². The van der Waals surface area contributed by atoms with Gasteiger partial charge in [-0.1, -0.05) is 25.0 Å². The molecule has 1 atom stereocenters. The first kappa shape index (κ1) is 16.1. The van der Waals surface area contributed by atoms with Crippen LogP contribution in [0.25, 0.3) is 10.4 Å². The Balaban J connectivity index is 2.90. The van der Waals surface area contributed by atoms with E-state index < -0.39 is 6.10 Å². The molecule has 0 aliphatic heterocycles. The van der Waals surface area contributed by atoms with Crippen LogP contribution < -0.4 is 9.47 Å². The van der Waals surface area contributed by atoms with E-state index in [1.165, 1.54) is 0 Å². The molecule has 0 aliphatic rings. The third-order valence-corrected chi connectivity index (χ3v) is 2.59. The summed E-state index contributed by atoms with van der Waals surface area (Å²) in [4.78, 5) is 2.64. The van der Waals surface area contributed by atoms with E-state index in [0.29, 0.717) is 30.3 Å². The molecule has 0 fully saturated rings. The maximum atomic E-state index is 9.91. The number of aliphatic hydroxyl groups is 1. The van der Waals surface area contributed by atoms with Crippen molar-refractivity contribution in [3.8, 4) is 11.5 Å². The molecule has 110 valence electrons. The lowest BCUT2D eigenvalue weighted by atomic mass is 10.1. The number of ether oxygens (including phenoxy) is 2. The first-order valence-electron chi connectivity index (χ1n) is 6.81. The molecule has 0 saturated heterocycles. The molecule has 1 rings (SSSR count). The zero-order chi connectivity index (χ0) is 14.8. The van der Waals surface area contributed by atoms with Crippen LogP contribution in [0, 0.1) is 0 Å². The molecule has 1 N–H and O–H groups in total. The molecule has 0 spiro atoms. The van der Waals surface area contributed by atoms with Gasteiger partial charge in [0.25, 0.3) is 0 Å². The summed E-state index contributed by atoms with van der Waals surface area (Å²) < 4.78 is 11.2. The summed E-state index contributed by atoms with van der Waals surface area (Å²) in [5.74, 6) is 1.28. The van der Waals surface area contributed by atoms with Crippen molar-refractivity contribution in [1.82, 2.24) is 0 Å². The van der Waals surface area contributed by atoms with Crippen LogP contribution in [0.1, 0.15) is 38.4 Å². The quantitative estimate of drug-likeness (QED) is 0.425. The van der Waals surface area contributed by atoms with Crippen molar-refractivity contribution in [2.24, 2.45) is 5.11 Å². The molecule has 1 aromatic carbocycles. The molecular formula is C14H21N3O3. The molecule has 6 nitrogen and oxygen atoms in total. The summed E-state index contributed by atoms with van der Waals surface area (Å²) in [6.45, 7) is 5.25. The zero-order valence-corrected chi connectivity index (χ0v) is 12.0. The van der Waals surface area contributed by atoms with E-state index in [1.54, 1.807) is 18.2 Å². The van der Waals surface area contributed by atoms with Gasteiger partial charge in [0.2, 0.25) is 0 Å². The molecule has 1 aromatic rings. The molecule has 0 radical (unpaired) electrons. The van der Waals surface area contributed by atoms with Gasteiger partial charge in [-0.3, -0.25) is 0 Å². The summed E-state index contributed by atoms with van der Waals surface area (Å²) in [7, 11) is 0. The Morgan fingerprint density at radius 1 is 1.20 bits per heavy atom. The van der Waals surface area contributed by atoms with Crippen molar-refractivity contribution in [1.29, 1.82) is 0 Å². The highest BCUT2D eigenvalue weighted by atomic mass is 16.5. The van der Waals surface area contributed by atoms with Gasteiger partial charge in [0.15, 0.2) is 11.5 Å². The highest BCUT2D eigenvalue weighted by Crippen LogP contribution is 2.31. The van der Waals surface area contributed by atoms with E-state index in [9.17, 15) is 5.11 Å². The highest BCUT2D eigenvalue weighted by Gasteiger charge is 2.12. The minimum Gasteiger partial charge on any atom is -0.490 e. The minimum absolute atomic E-state index is 0.00111. The van der Waals surface area contributed by atoms with Gasteiger partial charge in [-0.15, -0.1) is 0 Å². The Hall–Kier alpha value is -1.91. The lowest BCUT2D eigenvalue weighted by Crippen LogP contribution is -2.05. The summed E-state index contributed by atoms with van der Waals surface area (Å²) in [5.41, 5.74) is 8.92. The highest BCUT2D eigenvalue weighted by molar-refractivity contribution is 5.43. The lowest BCUT2D eigenvalue weighted by Gasteiger charge is -2.15. The smallest absolute Gasteiger partial charge is 0.161 e. The van der Waals surface area contributed by atoms with E-state index in [4.69, 9.17) is 15.0 Å². The Kier molecular flexibility index (Phi) is 7.32. The molecule has 20 heavy (non-hydrogen) atoms. The molecular weight excluding hydrogens is 258 g/mol. The third-order valence-electron chi connectivity index (χ3n) is 2.59. The van der Waals surface area contributed by atoms with Crippen molar-refractivity contribution >= 4 is 0 Å². The van der Waals surface area contributed by atoms with Crippen LogP contribution in [0.5, 0.6) is 11.5 Å². The second-order valence-corrected chi connectivity index (χ2v) is 4.33. The number of hydrogen-bond donors (Lipinski definition) is 1. The third kappa shape index (κ3) is 4.99. The van der Waals surface area contributed by atoms with Crippen LogP contribution in [-0.4, -0.2) is 24.9 Å². The van der Waals surface area contributed by atoms with Crippen LogP contribution in [-0.2, 0) is 0 Å². The van der Waals surface area contributed by atoms with E-state index in [2.05, 4.69) is 10.0 Å². The largest absolute Gasteiger partial charge is 0.490 e. The van der Waals surface area contributed by atoms with Gasteiger partial charge in [0.05, 0.1) is 25.9 Å². The van der Waals surface area contributed by atoms with Crippen LogP contribution in [0.2, 0.25) is 0 Å². The van der Waals surface area contributed by atoms with E-state index in [0.717, 1.165) is 12.8 Å². The maximum absolute atomic E-state index is 9.91. The molecule has 0 aromatic heterocycles. The molecule has 0 heterocycles. The maximum Gasteiger partial charge on any atom is 0.161 e. The molecule has 0 bridgehead atoms. The zero-order valence-electron chi connectivity index (χ0n) is 12.0. The minimum atomic E-state index is -0.838. The van der Waals surface area contributed by atoms with Gasteiger partial charge >= 0.3 is 0 Å². The van der Waals surface area contributed by atoms with Gasteiger partial charge in [0.1, 0.15) is 0 Å². The Morgan fingerprint density at radius 3 is 2.45 bits per heavy atom. The SMILES string of the molecule is CCCOc1ccc([C@H](O)CN=[N+]=[N-])cc1OCCC. The van der Waals surface area contributed by atoms with E-state index in [-0.39, 0.29) is 6.54 Å². The van der Waals surface area contributed by atoms with Gasteiger partial charge < -0.3 is 14.6 Å². The topological polar surface area (TPSA) is 87.5 Å². The fraction of sp³-hybridized carbons (Fsp3) is 0.571. The van der Waals surface area contributed by atoms with Crippen molar-refractivity contribution in [3.05, 3.63) is 34.2 Å². The monoisotopic (exact) mass is 279 g/mol. The first-order chi connectivity index (χ1) is 9.72. The Bertz CT molecular complexity index is 459. The average Bonchev–Trinajstić information content (AvgIpc) is 2.48. The van der Waals surface area contributed by atoms with Gasteiger partial charge in [-0.05, 0) is 36.1 Å². The first-order valence-corrected chi connectivity index (χ1v) is 6.81. The number of azide groups is 1. The molecule has 0 amide bonds. The Morgan fingerprint density at radius 2 is 1.85 bits per heavy atom. The van der Waals surface area contributed by atoms with Crippen molar-refractivity contribution in [2.45, 2.75) is 32.8 Å². The van der Waals surface area contributed by atoms with Crippen molar-refractivity contribution in [3.63, 3.8) is 0 Å². The summed E-state index contributed by atoms with van der Waals surface area (Å²) in [6.07, 6.45) is 0.961. The predicted octanol–water partition coefficient (Wildman–Crippen LogP) is 3.61. The number of aliphatic hydroxyl groups excluding tert-OH is 1. The molecule has 6 heteroatoms. The van der Waals surface area contributed by atoms with Crippen molar-refractivity contribution in [2.75, 3.05) is 19.8 Å². The predicted molar refractivity (Wildman–Crippen MR) is 77.0 cm³/mol. The summed E-state index contributed by atoms with van der Waals surface area (Å²) in [6, 6.07) is 5.26. The fourth-order valence-electron chi connectivity index (χ4n) is 1.61. The normalized spacial score (nSPS) is 11.6.